The maximum absolute atomic E-state index is 12.2. The molecule has 0 bridgehead atoms. The van der Waals surface area contributed by atoms with Gasteiger partial charge in [-0.2, -0.15) is 13.2 Å². The molecule has 1 aromatic carbocycles. The van der Waals surface area contributed by atoms with Crippen LogP contribution in [0, 0.1) is 0 Å². The average Bonchev–Trinajstić information content (AvgIpc) is 2.25. The largest absolute Gasteiger partial charge is 0.389 e. The third-order valence-corrected chi connectivity index (χ3v) is 2.92. The number of fused-ring (bicyclic) bond motifs is 1. The summed E-state index contributed by atoms with van der Waals surface area (Å²) in [5, 5.41) is 3.22. The highest BCUT2D eigenvalue weighted by molar-refractivity contribution is 5.37. The lowest BCUT2D eigenvalue weighted by Crippen LogP contribution is -2.24. The number of hydrogen-bond donors (Lipinski definition) is 1. The van der Waals surface area contributed by atoms with Crippen LogP contribution in [-0.4, -0.2) is 12.7 Å². The van der Waals surface area contributed by atoms with Gasteiger partial charge in [0.15, 0.2) is 0 Å². The molecule has 0 unspecified atom stereocenters. The van der Waals surface area contributed by atoms with Crippen LogP contribution in [-0.2, 0) is 19.4 Å². The van der Waals surface area contributed by atoms with E-state index in [1.165, 1.54) is 0 Å². The summed E-state index contributed by atoms with van der Waals surface area (Å²) in [6.07, 6.45) is -3.84. The molecule has 1 heterocycles. The monoisotopic (exact) mass is 229 g/mol. The van der Waals surface area contributed by atoms with Crippen molar-refractivity contribution in [3.63, 3.8) is 0 Å². The number of halogens is 3. The Balaban J connectivity index is 2.15. The molecule has 1 aliphatic heterocycles. The van der Waals surface area contributed by atoms with Gasteiger partial charge in [0.05, 0.1) is 0 Å². The minimum absolute atomic E-state index is 0.104. The molecule has 0 aliphatic carbocycles. The van der Waals surface area contributed by atoms with Gasteiger partial charge in [-0.1, -0.05) is 18.2 Å². The highest BCUT2D eigenvalue weighted by Gasteiger charge is 2.27. The average molecular weight is 229 g/mol. The summed E-state index contributed by atoms with van der Waals surface area (Å²) >= 11 is 0. The fourth-order valence-corrected chi connectivity index (χ4v) is 2.12. The van der Waals surface area contributed by atoms with Crippen molar-refractivity contribution < 1.29 is 13.2 Å². The molecule has 1 aromatic rings. The van der Waals surface area contributed by atoms with Crippen molar-refractivity contribution in [2.75, 3.05) is 6.54 Å². The number of hydrogen-bond acceptors (Lipinski definition) is 1. The Bertz CT molecular complexity index is 371. The second kappa shape index (κ2) is 4.45. The van der Waals surface area contributed by atoms with E-state index >= 15 is 0 Å². The van der Waals surface area contributed by atoms with Gasteiger partial charge in [-0.3, -0.25) is 0 Å². The van der Waals surface area contributed by atoms with Crippen molar-refractivity contribution in [3.05, 3.63) is 34.9 Å². The predicted octanol–water partition coefficient (Wildman–Crippen LogP) is 2.83. The van der Waals surface area contributed by atoms with Gasteiger partial charge in [-0.25, -0.2) is 0 Å². The summed E-state index contributed by atoms with van der Waals surface area (Å²) in [7, 11) is 0. The van der Waals surface area contributed by atoms with Crippen LogP contribution in [0.2, 0.25) is 0 Å². The molecule has 0 aromatic heterocycles. The van der Waals surface area contributed by atoms with E-state index in [9.17, 15) is 13.2 Å². The Hall–Kier alpha value is -1.03. The summed E-state index contributed by atoms with van der Waals surface area (Å²) < 4.78 is 36.5. The minimum Gasteiger partial charge on any atom is -0.312 e. The van der Waals surface area contributed by atoms with Gasteiger partial charge < -0.3 is 5.32 Å². The molecule has 0 fully saturated rings. The molecule has 0 amide bonds. The van der Waals surface area contributed by atoms with Crippen molar-refractivity contribution in [1.82, 2.24) is 5.32 Å². The number of alkyl halides is 3. The molecular formula is C12H14F3N. The standard InChI is InChI=1S/C12H14F3N/c13-12(14,15)6-4-9-2-1-3-10-8-16-7-5-11(9)10/h1-3,16H,4-8H2. The molecule has 0 saturated heterocycles. The van der Waals surface area contributed by atoms with Gasteiger partial charge in [0, 0.05) is 13.0 Å². The first-order valence-corrected chi connectivity index (χ1v) is 5.43. The van der Waals surface area contributed by atoms with E-state index < -0.39 is 12.6 Å². The highest BCUT2D eigenvalue weighted by atomic mass is 19.4. The quantitative estimate of drug-likeness (QED) is 0.822. The van der Waals surface area contributed by atoms with Crippen LogP contribution in [0.1, 0.15) is 23.1 Å². The zero-order valence-corrected chi connectivity index (χ0v) is 8.90. The van der Waals surface area contributed by atoms with Gasteiger partial charge in [0.25, 0.3) is 0 Å². The molecule has 0 saturated carbocycles. The number of nitrogens with one attached hydrogen (secondary N) is 1. The van der Waals surface area contributed by atoms with Gasteiger partial charge in [0.2, 0.25) is 0 Å². The molecule has 1 aliphatic rings. The number of rotatable bonds is 2. The van der Waals surface area contributed by atoms with Crippen LogP contribution >= 0.6 is 0 Å². The molecule has 88 valence electrons. The van der Waals surface area contributed by atoms with E-state index in [0.29, 0.717) is 0 Å². The van der Waals surface area contributed by atoms with Crippen LogP contribution in [0.4, 0.5) is 13.2 Å². The van der Waals surface area contributed by atoms with Crippen LogP contribution in [0.15, 0.2) is 18.2 Å². The van der Waals surface area contributed by atoms with Crippen molar-refractivity contribution >= 4 is 0 Å². The lowest BCUT2D eigenvalue weighted by atomic mass is 9.93. The second-order valence-corrected chi connectivity index (χ2v) is 4.10. The fourth-order valence-electron chi connectivity index (χ4n) is 2.12. The second-order valence-electron chi connectivity index (χ2n) is 4.10. The zero-order valence-electron chi connectivity index (χ0n) is 8.90. The van der Waals surface area contributed by atoms with Crippen LogP contribution < -0.4 is 5.32 Å². The Morgan fingerprint density at radius 1 is 1.25 bits per heavy atom. The number of aryl methyl sites for hydroxylation is 1. The molecule has 2 rings (SSSR count). The van der Waals surface area contributed by atoms with Crippen molar-refractivity contribution in [1.29, 1.82) is 0 Å². The first kappa shape index (κ1) is 11.5. The Labute approximate surface area is 92.7 Å². The van der Waals surface area contributed by atoms with E-state index in [4.69, 9.17) is 0 Å². The molecule has 16 heavy (non-hydrogen) atoms. The first-order chi connectivity index (χ1) is 7.56. The highest BCUT2D eigenvalue weighted by Crippen LogP contribution is 2.25. The third kappa shape index (κ3) is 2.76. The predicted molar refractivity (Wildman–Crippen MR) is 56.2 cm³/mol. The Morgan fingerprint density at radius 3 is 2.81 bits per heavy atom. The van der Waals surface area contributed by atoms with Crippen LogP contribution in [0.5, 0.6) is 0 Å². The lowest BCUT2D eigenvalue weighted by molar-refractivity contribution is -0.134. The molecule has 0 radical (unpaired) electrons. The topological polar surface area (TPSA) is 12.0 Å². The maximum atomic E-state index is 12.2. The summed E-state index contributed by atoms with van der Waals surface area (Å²) in [5.74, 6) is 0. The van der Waals surface area contributed by atoms with E-state index in [1.807, 2.05) is 18.2 Å². The van der Waals surface area contributed by atoms with Crippen molar-refractivity contribution in [3.8, 4) is 0 Å². The number of benzene rings is 1. The van der Waals surface area contributed by atoms with Crippen molar-refractivity contribution in [2.45, 2.75) is 32.0 Å². The van der Waals surface area contributed by atoms with Crippen molar-refractivity contribution in [2.24, 2.45) is 0 Å². The van der Waals surface area contributed by atoms with E-state index in [-0.39, 0.29) is 6.42 Å². The molecule has 1 N–H and O–H groups in total. The van der Waals surface area contributed by atoms with Crippen LogP contribution in [0.3, 0.4) is 0 Å². The summed E-state index contributed by atoms with van der Waals surface area (Å²) in [4.78, 5) is 0. The normalized spacial score (nSPS) is 15.9. The zero-order chi connectivity index (χ0) is 11.6. The Morgan fingerprint density at radius 2 is 2.06 bits per heavy atom. The SMILES string of the molecule is FC(F)(F)CCc1cccc2c1CCNC2. The molecule has 0 atom stereocenters. The van der Waals surface area contributed by atoms with E-state index in [0.717, 1.165) is 36.2 Å². The molecule has 1 nitrogen and oxygen atoms in total. The smallest absolute Gasteiger partial charge is 0.312 e. The molecular weight excluding hydrogens is 215 g/mol. The first-order valence-electron chi connectivity index (χ1n) is 5.43. The summed E-state index contributed by atoms with van der Waals surface area (Å²) in [6.45, 7) is 1.63. The third-order valence-electron chi connectivity index (χ3n) is 2.92. The summed E-state index contributed by atoms with van der Waals surface area (Å²) in [5.41, 5.74) is 3.12. The van der Waals surface area contributed by atoms with Gasteiger partial charge in [-0.05, 0) is 36.1 Å². The molecule has 0 spiro atoms. The fraction of sp³-hybridized carbons (Fsp3) is 0.500. The molecule has 4 heteroatoms. The maximum Gasteiger partial charge on any atom is 0.389 e. The summed E-state index contributed by atoms with van der Waals surface area (Å²) in [6, 6.07) is 5.64. The van der Waals surface area contributed by atoms with E-state index in [2.05, 4.69) is 5.32 Å². The minimum atomic E-state index is -4.06. The van der Waals surface area contributed by atoms with E-state index in [1.54, 1.807) is 0 Å². The van der Waals surface area contributed by atoms with Crippen LogP contribution in [0.25, 0.3) is 0 Å². The van der Waals surface area contributed by atoms with Gasteiger partial charge in [0.1, 0.15) is 0 Å². The van der Waals surface area contributed by atoms with Gasteiger partial charge >= 0.3 is 6.18 Å². The lowest BCUT2D eigenvalue weighted by Gasteiger charge is -2.20. The van der Waals surface area contributed by atoms with Gasteiger partial charge in [-0.15, -0.1) is 0 Å². The Kier molecular flexibility index (Phi) is 3.19.